The molecule has 0 amide bonds. The second kappa shape index (κ2) is 6.08. The number of carbonyl (C=O) groups is 2. The summed E-state index contributed by atoms with van der Waals surface area (Å²) in [5.41, 5.74) is 1.58. The summed E-state index contributed by atoms with van der Waals surface area (Å²) in [6.07, 6.45) is 2.82. The van der Waals surface area contributed by atoms with E-state index in [-0.39, 0.29) is 18.1 Å². The number of carbonyl (C=O) groups excluding carboxylic acids is 1. The van der Waals surface area contributed by atoms with Crippen molar-refractivity contribution in [1.82, 2.24) is 0 Å². The zero-order valence-corrected chi connectivity index (χ0v) is 9.28. The fourth-order valence-corrected chi connectivity index (χ4v) is 1.34. The van der Waals surface area contributed by atoms with Crippen LogP contribution in [0.2, 0.25) is 0 Å². The second-order valence-corrected chi connectivity index (χ2v) is 3.53. The predicted molar refractivity (Wildman–Crippen MR) is 62.5 cm³/mol. The van der Waals surface area contributed by atoms with Crippen molar-refractivity contribution in [1.29, 1.82) is 0 Å². The van der Waals surface area contributed by atoms with E-state index in [0.29, 0.717) is 0 Å². The number of carboxylic acid groups (broad SMARTS) is 1. The Hall–Kier alpha value is -1.61. The van der Waals surface area contributed by atoms with Crippen molar-refractivity contribution in [2.24, 2.45) is 0 Å². The van der Waals surface area contributed by atoms with Gasteiger partial charge in [0.15, 0.2) is 5.78 Å². The van der Waals surface area contributed by atoms with Crippen LogP contribution in [0.15, 0.2) is 30.3 Å². The molecule has 1 N–H and O–H groups in total. The topological polar surface area (TPSA) is 54.4 Å². The van der Waals surface area contributed by atoms with Crippen molar-refractivity contribution in [3.63, 3.8) is 0 Å². The number of halogens is 1. The third-order valence-electron chi connectivity index (χ3n) is 1.92. The fraction of sp³-hybridized carbons (Fsp3) is 0.167. The van der Waals surface area contributed by atoms with E-state index < -0.39 is 5.97 Å². The summed E-state index contributed by atoms with van der Waals surface area (Å²) in [5.74, 6) is -1.06. The Kier molecular flexibility index (Phi) is 4.73. The molecular weight excluding hydrogens is 228 g/mol. The molecule has 1 aromatic carbocycles. The Morgan fingerprint density at radius 1 is 1.38 bits per heavy atom. The molecule has 1 rings (SSSR count). The smallest absolute Gasteiger partial charge is 0.328 e. The van der Waals surface area contributed by atoms with Gasteiger partial charge in [-0.05, 0) is 17.2 Å². The third-order valence-corrected chi connectivity index (χ3v) is 2.22. The third kappa shape index (κ3) is 4.28. The Balaban J connectivity index is 2.78. The van der Waals surface area contributed by atoms with Crippen molar-refractivity contribution in [2.75, 3.05) is 5.88 Å². The second-order valence-electron chi connectivity index (χ2n) is 3.27. The molecule has 0 bridgehead atoms. The molecule has 0 radical (unpaired) electrons. The summed E-state index contributed by atoms with van der Waals surface area (Å²) in [6.45, 7) is 0. The van der Waals surface area contributed by atoms with E-state index in [1.807, 2.05) is 6.07 Å². The number of hydrogen-bond donors (Lipinski definition) is 1. The van der Waals surface area contributed by atoms with E-state index in [1.54, 1.807) is 18.2 Å². The lowest BCUT2D eigenvalue weighted by atomic mass is 10.1. The molecule has 0 spiro atoms. The maximum atomic E-state index is 11.1. The van der Waals surface area contributed by atoms with Gasteiger partial charge in [0.2, 0.25) is 0 Å². The molecule has 3 nitrogen and oxygen atoms in total. The first-order valence-corrected chi connectivity index (χ1v) is 5.23. The minimum absolute atomic E-state index is 0.00477. The van der Waals surface area contributed by atoms with Gasteiger partial charge >= 0.3 is 5.97 Å². The van der Waals surface area contributed by atoms with Crippen molar-refractivity contribution in [3.05, 3.63) is 41.5 Å². The number of ketones is 1. The summed E-state index contributed by atoms with van der Waals surface area (Å²) in [6, 6.07) is 7.12. The molecular formula is C12H11ClO3. The first-order valence-electron chi connectivity index (χ1n) is 4.69. The van der Waals surface area contributed by atoms with Gasteiger partial charge in [-0.1, -0.05) is 24.3 Å². The van der Waals surface area contributed by atoms with Crippen LogP contribution >= 0.6 is 11.6 Å². The summed E-state index contributed by atoms with van der Waals surface area (Å²) in [4.78, 5) is 21.4. The van der Waals surface area contributed by atoms with Crippen LogP contribution < -0.4 is 0 Å². The van der Waals surface area contributed by atoms with Crippen molar-refractivity contribution in [2.45, 2.75) is 6.42 Å². The van der Waals surface area contributed by atoms with Gasteiger partial charge in [0, 0.05) is 12.5 Å². The maximum Gasteiger partial charge on any atom is 0.328 e. The Labute approximate surface area is 98.4 Å². The van der Waals surface area contributed by atoms with Gasteiger partial charge in [0.1, 0.15) is 0 Å². The summed E-state index contributed by atoms with van der Waals surface area (Å²) in [5, 5.41) is 8.47. The summed E-state index contributed by atoms with van der Waals surface area (Å²) in [7, 11) is 0. The van der Waals surface area contributed by atoms with Gasteiger partial charge in [0.25, 0.3) is 0 Å². The van der Waals surface area contributed by atoms with Gasteiger partial charge < -0.3 is 5.11 Å². The van der Waals surface area contributed by atoms with Gasteiger partial charge in [-0.3, -0.25) is 4.79 Å². The van der Waals surface area contributed by atoms with Gasteiger partial charge in [-0.25, -0.2) is 4.79 Å². The predicted octanol–water partition coefficient (Wildman–Crippen LogP) is 2.13. The molecule has 0 saturated carbocycles. The molecule has 0 saturated heterocycles. The van der Waals surface area contributed by atoms with E-state index in [0.717, 1.165) is 17.2 Å². The molecule has 0 heterocycles. The lowest BCUT2D eigenvalue weighted by molar-refractivity contribution is -0.131. The first kappa shape index (κ1) is 12.5. The number of alkyl halides is 1. The molecule has 4 heteroatoms. The Bertz CT molecular complexity index is 424. The highest BCUT2D eigenvalue weighted by Gasteiger charge is 2.01. The first-order chi connectivity index (χ1) is 7.61. The Morgan fingerprint density at radius 2 is 2.12 bits per heavy atom. The van der Waals surface area contributed by atoms with Crippen LogP contribution in [0.25, 0.3) is 6.08 Å². The molecule has 0 atom stereocenters. The van der Waals surface area contributed by atoms with Crippen LogP contribution in [0, 0.1) is 0 Å². The van der Waals surface area contributed by atoms with Crippen LogP contribution in [0.4, 0.5) is 0 Å². The number of Topliss-reactive ketones (excluding diaryl/α,β-unsaturated/α-hetero) is 1. The molecule has 84 valence electrons. The van der Waals surface area contributed by atoms with Crippen LogP contribution in [-0.4, -0.2) is 22.7 Å². The highest BCUT2D eigenvalue weighted by molar-refractivity contribution is 6.27. The zero-order valence-electron chi connectivity index (χ0n) is 8.52. The number of hydrogen-bond acceptors (Lipinski definition) is 2. The van der Waals surface area contributed by atoms with Crippen LogP contribution in [-0.2, 0) is 16.0 Å². The molecule has 16 heavy (non-hydrogen) atoms. The number of rotatable bonds is 5. The maximum absolute atomic E-state index is 11.1. The lowest BCUT2D eigenvalue weighted by Crippen LogP contribution is -2.03. The number of aliphatic carboxylic acids is 1. The molecule has 0 aliphatic carbocycles. The van der Waals surface area contributed by atoms with E-state index in [2.05, 4.69) is 0 Å². The number of carboxylic acids is 1. The number of benzene rings is 1. The standard InChI is InChI=1S/C12H11ClO3/c13-8-11(14)7-10-3-1-2-9(6-10)4-5-12(15)16/h1-6H,7-8H2,(H,15,16). The molecule has 0 aliphatic rings. The zero-order chi connectivity index (χ0) is 12.0. The molecule has 0 unspecified atom stereocenters. The summed E-state index contributed by atoms with van der Waals surface area (Å²) >= 11 is 5.40. The molecule has 0 aliphatic heterocycles. The average Bonchev–Trinajstić information content (AvgIpc) is 2.26. The minimum Gasteiger partial charge on any atom is -0.478 e. The van der Waals surface area contributed by atoms with E-state index in [1.165, 1.54) is 6.08 Å². The quantitative estimate of drug-likeness (QED) is 0.632. The van der Waals surface area contributed by atoms with E-state index >= 15 is 0 Å². The van der Waals surface area contributed by atoms with Crippen molar-refractivity contribution < 1.29 is 14.7 Å². The van der Waals surface area contributed by atoms with Gasteiger partial charge in [-0.15, -0.1) is 11.6 Å². The van der Waals surface area contributed by atoms with Gasteiger partial charge in [-0.2, -0.15) is 0 Å². The van der Waals surface area contributed by atoms with Crippen molar-refractivity contribution in [3.8, 4) is 0 Å². The van der Waals surface area contributed by atoms with Crippen LogP contribution in [0.1, 0.15) is 11.1 Å². The SMILES string of the molecule is O=C(O)C=Cc1cccc(CC(=O)CCl)c1. The molecule has 1 aromatic rings. The van der Waals surface area contributed by atoms with E-state index in [9.17, 15) is 9.59 Å². The largest absolute Gasteiger partial charge is 0.478 e. The van der Waals surface area contributed by atoms with Crippen LogP contribution in [0.3, 0.4) is 0 Å². The molecule has 0 fully saturated rings. The van der Waals surface area contributed by atoms with Crippen molar-refractivity contribution >= 4 is 29.4 Å². The summed E-state index contributed by atoms with van der Waals surface area (Å²) < 4.78 is 0. The fourth-order valence-electron chi connectivity index (χ4n) is 1.25. The average molecular weight is 239 g/mol. The Morgan fingerprint density at radius 3 is 2.75 bits per heavy atom. The monoisotopic (exact) mass is 238 g/mol. The lowest BCUT2D eigenvalue weighted by Gasteiger charge is -2.00. The molecule has 0 aromatic heterocycles. The minimum atomic E-state index is -0.998. The van der Waals surface area contributed by atoms with Gasteiger partial charge in [0.05, 0.1) is 5.88 Å². The highest BCUT2D eigenvalue weighted by atomic mass is 35.5. The van der Waals surface area contributed by atoms with E-state index in [4.69, 9.17) is 16.7 Å². The normalized spacial score (nSPS) is 10.6. The van der Waals surface area contributed by atoms with Crippen LogP contribution in [0.5, 0.6) is 0 Å². The highest BCUT2D eigenvalue weighted by Crippen LogP contribution is 2.08.